The molecular formula is C28H26ClN3O6S2. The van der Waals surface area contributed by atoms with Crippen molar-refractivity contribution in [3.8, 4) is 11.3 Å². The first-order chi connectivity index (χ1) is 19.1. The number of esters is 1. The summed E-state index contributed by atoms with van der Waals surface area (Å²) in [5, 5.41) is 6.07. The van der Waals surface area contributed by atoms with Crippen LogP contribution in [0.3, 0.4) is 0 Å². The Morgan fingerprint density at radius 3 is 2.25 bits per heavy atom. The third-order valence-electron chi connectivity index (χ3n) is 6.00. The van der Waals surface area contributed by atoms with Gasteiger partial charge in [-0.15, -0.1) is 11.3 Å². The van der Waals surface area contributed by atoms with Gasteiger partial charge in [0.05, 0.1) is 24.5 Å². The fraction of sp³-hybridized carbons (Fsp3) is 0.179. The molecule has 208 valence electrons. The van der Waals surface area contributed by atoms with Gasteiger partial charge in [-0.2, -0.15) is 8.42 Å². The highest BCUT2D eigenvalue weighted by Gasteiger charge is 2.31. The van der Waals surface area contributed by atoms with Crippen LogP contribution in [0.15, 0.2) is 84.2 Å². The van der Waals surface area contributed by atoms with Gasteiger partial charge in [0, 0.05) is 16.0 Å². The Hall–Kier alpha value is -3.77. The number of thiazole rings is 1. The lowest BCUT2D eigenvalue weighted by molar-refractivity contribution is -0.150. The Balaban J connectivity index is 1.61. The number of nitrogens with zero attached hydrogens (tertiary/aromatic N) is 1. The van der Waals surface area contributed by atoms with Gasteiger partial charge in [0.2, 0.25) is 5.91 Å². The molecule has 1 aromatic heterocycles. The number of benzene rings is 3. The summed E-state index contributed by atoms with van der Waals surface area (Å²) >= 11 is 7.38. The minimum absolute atomic E-state index is 0.163. The normalized spacial score (nSPS) is 12.8. The van der Waals surface area contributed by atoms with E-state index in [1.807, 2.05) is 52.6 Å². The predicted octanol–water partition coefficient (Wildman–Crippen LogP) is 5.11. The van der Waals surface area contributed by atoms with Gasteiger partial charge in [-0.1, -0.05) is 66.2 Å². The topological polar surface area (TPSA) is 135 Å². The van der Waals surface area contributed by atoms with Crippen molar-refractivity contribution in [2.24, 2.45) is 5.92 Å². The summed E-state index contributed by atoms with van der Waals surface area (Å²) in [4.78, 5) is 30.9. The summed E-state index contributed by atoms with van der Waals surface area (Å²) in [5.41, 5.74) is 3.31. The summed E-state index contributed by atoms with van der Waals surface area (Å²) in [6.07, 6.45) is 0.459. The summed E-state index contributed by atoms with van der Waals surface area (Å²) in [6.45, 7) is 0. The molecule has 0 bridgehead atoms. The molecule has 3 N–H and O–H groups in total. The molecule has 0 saturated carbocycles. The van der Waals surface area contributed by atoms with Crippen LogP contribution in [-0.2, 0) is 37.5 Å². The van der Waals surface area contributed by atoms with E-state index < -0.39 is 34.1 Å². The van der Waals surface area contributed by atoms with Crippen LogP contribution >= 0.6 is 22.9 Å². The molecule has 0 fully saturated rings. The molecule has 1 amide bonds. The highest BCUT2D eigenvalue weighted by Crippen LogP contribution is 2.29. The van der Waals surface area contributed by atoms with Crippen LogP contribution in [0, 0.1) is 5.92 Å². The van der Waals surface area contributed by atoms with Crippen LogP contribution in [0.25, 0.3) is 11.3 Å². The van der Waals surface area contributed by atoms with E-state index in [1.165, 1.54) is 30.6 Å². The second kappa shape index (κ2) is 13.1. The van der Waals surface area contributed by atoms with E-state index >= 15 is 0 Å². The van der Waals surface area contributed by atoms with Crippen LogP contribution in [0.1, 0.15) is 22.2 Å². The molecule has 4 rings (SSSR count). The van der Waals surface area contributed by atoms with Crippen LogP contribution in [0.5, 0.6) is 0 Å². The third kappa shape index (κ3) is 8.12. The Morgan fingerprint density at radius 2 is 1.62 bits per heavy atom. The van der Waals surface area contributed by atoms with E-state index in [1.54, 1.807) is 24.3 Å². The van der Waals surface area contributed by atoms with Crippen molar-refractivity contribution in [1.82, 2.24) is 10.3 Å². The molecule has 0 saturated heterocycles. The Kier molecular flexibility index (Phi) is 9.54. The van der Waals surface area contributed by atoms with Crippen LogP contribution in [0.4, 0.5) is 5.69 Å². The average Bonchev–Trinajstić information content (AvgIpc) is 3.42. The molecule has 0 spiro atoms. The smallest absolute Gasteiger partial charge is 0.357 e. The maximum Gasteiger partial charge on any atom is 0.357 e. The van der Waals surface area contributed by atoms with Crippen molar-refractivity contribution >= 4 is 50.8 Å². The molecule has 3 aromatic carbocycles. The number of methoxy groups -OCH3 is 1. The fourth-order valence-electron chi connectivity index (χ4n) is 4.04. The van der Waals surface area contributed by atoms with Crippen molar-refractivity contribution in [3.63, 3.8) is 0 Å². The molecule has 4 aromatic rings. The summed E-state index contributed by atoms with van der Waals surface area (Å²) in [7, 11) is -3.17. The summed E-state index contributed by atoms with van der Waals surface area (Å²) in [5.74, 6) is -2.23. The van der Waals surface area contributed by atoms with Gasteiger partial charge in [0.25, 0.3) is 0 Å². The maximum atomic E-state index is 13.5. The van der Waals surface area contributed by atoms with Crippen molar-refractivity contribution in [1.29, 1.82) is 0 Å². The van der Waals surface area contributed by atoms with E-state index in [9.17, 15) is 18.0 Å². The number of amides is 1. The molecular weight excluding hydrogens is 574 g/mol. The number of aromatic nitrogens is 1. The molecule has 0 radical (unpaired) electrons. The number of hydrogen-bond acceptors (Lipinski definition) is 7. The van der Waals surface area contributed by atoms with Gasteiger partial charge in [-0.05, 0) is 48.2 Å². The van der Waals surface area contributed by atoms with E-state index in [4.69, 9.17) is 25.9 Å². The lowest BCUT2D eigenvalue weighted by atomic mass is 9.97. The van der Waals surface area contributed by atoms with Crippen LogP contribution < -0.4 is 10.0 Å². The fourth-order valence-corrected chi connectivity index (χ4v) is 5.48. The molecule has 12 heteroatoms. The van der Waals surface area contributed by atoms with Crippen molar-refractivity contribution < 1.29 is 27.3 Å². The second-order valence-corrected chi connectivity index (χ2v) is 11.4. The van der Waals surface area contributed by atoms with Gasteiger partial charge in [-0.3, -0.25) is 18.9 Å². The van der Waals surface area contributed by atoms with E-state index in [-0.39, 0.29) is 12.1 Å². The summed E-state index contributed by atoms with van der Waals surface area (Å²) < 4.78 is 38.2. The monoisotopic (exact) mass is 599 g/mol. The number of rotatable bonds is 11. The molecule has 2 atom stereocenters. The summed E-state index contributed by atoms with van der Waals surface area (Å²) in [6, 6.07) is 22.1. The van der Waals surface area contributed by atoms with E-state index in [2.05, 4.69) is 5.32 Å². The van der Waals surface area contributed by atoms with Gasteiger partial charge in [-0.25, -0.2) is 4.98 Å². The Bertz CT molecular complexity index is 1560. The Morgan fingerprint density at radius 1 is 0.975 bits per heavy atom. The first kappa shape index (κ1) is 29.2. The number of carbonyl (C=O) groups excluding carboxylic acids is 2. The SMILES string of the molecule is COC(=O)[C@@H](Cc1ccccc1)C(=O)N[C@@H](Cc1ccc(NS(=O)(=O)O)cc1)c1nc(-c2ccc(Cl)cc2)cs1. The first-order valence-corrected chi connectivity index (χ1v) is 14.8. The second-order valence-electron chi connectivity index (χ2n) is 8.88. The highest BCUT2D eigenvalue weighted by atomic mass is 35.5. The lowest BCUT2D eigenvalue weighted by Crippen LogP contribution is -2.40. The van der Waals surface area contributed by atoms with Crippen molar-refractivity contribution in [3.05, 3.63) is 105 Å². The molecule has 0 aliphatic heterocycles. The van der Waals surface area contributed by atoms with Crippen LogP contribution in [-0.4, -0.2) is 36.9 Å². The largest absolute Gasteiger partial charge is 0.468 e. The number of hydrogen-bond donors (Lipinski definition) is 3. The van der Waals surface area contributed by atoms with Gasteiger partial charge < -0.3 is 10.1 Å². The van der Waals surface area contributed by atoms with Gasteiger partial charge in [0.1, 0.15) is 10.9 Å². The van der Waals surface area contributed by atoms with Crippen LogP contribution in [0.2, 0.25) is 5.02 Å². The minimum atomic E-state index is -4.41. The Labute approximate surface area is 241 Å². The molecule has 0 unspecified atom stereocenters. The molecule has 0 aliphatic rings. The highest BCUT2D eigenvalue weighted by molar-refractivity contribution is 7.87. The molecule has 9 nitrogen and oxygen atoms in total. The standard InChI is InChI=1S/C28H26ClN3O6S2/c1-38-28(34)23(15-18-5-3-2-4-6-18)26(33)30-24(16-19-7-13-22(14-8-19)32-40(35,36)37)27-31-25(17-39-27)20-9-11-21(29)12-10-20/h2-14,17,23-24,32H,15-16H2,1H3,(H,30,33)(H,35,36,37)/t23-,24-/m0/s1. The minimum Gasteiger partial charge on any atom is -0.468 e. The molecule has 40 heavy (non-hydrogen) atoms. The van der Waals surface area contributed by atoms with Crippen molar-refractivity contribution in [2.45, 2.75) is 18.9 Å². The third-order valence-corrected chi connectivity index (χ3v) is 7.71. The zero-order chi connectivity index (χ0) is 28.7. The number of halogens is 1. The predicted molar refractivity (Wildman–Crippen MR) is 154 cm³/mol. The number of ether oxygens (including phenoxy) is 1. The average molecular weight is 600 g/mol. The molecule has 0 aliphatic carbocycles. The van der Waals surface area contributed by atoms with E-state index in [0.29, 0.717) is 22.1 Å². The van der Waals surface area contributed by atoms with Crippen molar-refractivity contribution in [2.75, 3.05) is 11.8 Å². The molecule has 1 heterocycles. The van der Waals surface area contributed by atoms with Gasteiger partial charge >= 0.3 is 16.3 Å². The zero-order valence-electron chi connectivity index (χ0n) is 21.3. The number of anilines is 1. The lowest BCUT2D eigenvalue weighted by Gasteiger charge is -2.21. The van der Waals surface area contributed by atoms with Gasteiger partial charge in [0.15, 0.2) is 0 Å². The number of carbonyl (C=O) groups is 2. The zero-order valence-corrected chi connectivity index (χ0v) is 23.7. The number of nitrogens with one attached hydrogen (secondary N) is 2. The quantitative estimate of drug-likeness (QED) is 0.124. The first-order valence-electron chi connectivity index (χ1n) is 12.1. The maximum absolute atomic E-state index is 13.5. The van der Waals surface area contributed by atoms with E-state index in [0.717, 1.165) is 16.7 Å².